The van der Waals surface area contributed by atoms with Crippen molar-refractivity contribution in [3.8, 4) is 0 Å². The molecule has 0 aliphatic heterocycles. The van der Waals surface area contributed by atoms with Gasteiger partial charge in [-0.3, -0.25) is 9.40 Å². The van der Waals surface area contributed by atoms with E-state index in [9.17, 15) is 8.42 Å². The Morgan fingerprint density at radius 3 is 2.85 bits per heavy atom. The van der Waals surface area contributed by atoms with Crippen molar-refractivity contribution >= 4 is 21.7 Å². The van der Waals surface area contributed by atoms with Gasteiger partial charge in [0.05, 0.1) is 0 Å². The first kappa shape index (κ1) is 14.3. The third kappa shape index (κ3) is 2.90. The van der Waals surface area contributed by atoms with E-state index >= 15 is 0 Å². The van der Waals surface area contributed by atoms with Crippen molar-refractivity contribution in [3.63, 3.8) is 0 Å². The standard InChI is InChI=1S/C12H17N5O2S/c1-3-7-17-8-10(11(13)15-17)20(18,19)16-12-9(2)5-4-6-14-12/h4-6,8H,3,7H2,1-2H3,(H2,13,15)(H,14,16). The molecule has 0 aliphatic rings. The second kappa shape index (κ2) is 5.49. The topological polar surface area (TPSA) is 103 Å². The van der Waals surface area contributed by atoms with Gasteiger partial charge in [-0.1, -0.05) is 13.0 Å². The molecule has 0 radical (unpaired) electrons. The summed E-state index contributed by atoms with van der Waals surface area (Å²) < 4.78 is 28.6. The Labute approximate surface area is 117 Å². The number of hydrogen-bond donors (Lipinski definition) is 2. The number of hydrogen-bond acceptors (Lipinski definition) is 5. The van der Waals surface area contributed by atoms with Crippen LogP contribution in [0.5, 0.6) is 0 Å². The molecule has 20 heavy (non-hydrogen) atoms. The first-order valence-corrected chi connectivity index (χ1v) is 7.69. The lowest BCUT2D eigenvalue weighted by molar-refractivity contribution is 0.595. The fourth-order valence-corrected chi connectivity index (χ4v) is 2.90. The minimum Gasteiger partial charge on any atom is -0.381 e. The molecule has 0 amide bonds. The van der Waals surface area contributed by atoms with E-state index in [0.29, 0.717) is 6.54 Å². The fourth-order valence-electron chi connectivity index (χ4n) is 1.74. The molecule has 0 fully saturated rings. The van der Waals surface area contributed by atoms with Gasteiger partial charge in [-0.15, -0.1) is 0 Å². The van der Waals surface area contributed by atoms with E-state index in [1.807, 2.05) is 6.92 Å². The Hall–Kier alpha value is -2.09. The number of nitrogens with one attached hydrogen (secondary N) is 1. The summed E-state index contributed by atoms with van der Waals surface area (Å²) in [6.07, 6.45) is 3.79. The number of sulfonamides is 1. The lowest BCUT2D eigenvalue weighted by atomic mass is 10.3. The van der Waals surface area contributed by atoms with Gasteiger partial charge in [-0.25, -0.2) is 13.4 Å². The molecule has 0 saturated carbocycles. The molecular weight excluding hydrogens is 278 g/mol. The molecule has 0 spiro atoms. The van der Waals surface area contributed by atoms with Crippen molar-refractivity contribution in [1.29, 1.82) is 0 Å². The summed E-state index contributed by atoms with van der Waals surface area (Å²) in [6.45, 7) is 4.36. The third-order valence-corrected chi connectivity index (χ3v) is 4.09. The first-order chi connectivity index (χ1) is 9.44. The largest absolute Gasteiger partial charge is 0.381 e. The highest BCUT2D eigenvalue weighted by molar-refractivity contribution is 7.92. The molecule has 2 aromatic heterocycles. The second-order valence-corrected chi connectivity index (χ2v) is 6.07. The van der Waals surface area contributed by atoms with E-state index in [-0.39, 0.29) is 16.5 Å². The van der Waals surface area contributed by atoms with Crippen molar-refractivity contribution in [2.45, 2.75) is 31.7 Å². The van der Waals surface area contributed by atoms with Crippen molar-refractivity contribution in [2.24, 2.45) is 0 Å². The molecule has 0 aromatic carbocycles. The van der Waals surface area contributed by atoms with Crippen LogP contribution in [0.25, 0.3) is 0 Å². The molecule has 2 heterocycles. The summed E-state index contributed by atoms with van der Waals surface area (Å²) in [5.74, 6) is 0.273. The van der Waals surface area contributed by atoms with Crippen molar-refractivity contribution in [2.75, 3.05) is 10.5 Å². The van der Waals surface area contributed by atoms with Crippen LogP contribution in [-0.4, -0.2) is 23.2 Å². The zero-order valence-electron chi connectivity index (χ0n) is 11.4. The minimum absolute atomic E-state index is 0.0143. The van der Waals surface area contributed by atoms with Gasteiger partial charge in [-0.05, 0) is 25.0 Å². The van der Waals surface area contributed by atoms with Crippen LogP contribution in [-0.2, 0) is 16.6 Å². The number of rotatable bonds is 5. The van der Waals surface area contributed by atoms with Gasteiger partial charge in [0.1, 0.15) is 10.7 Å². The smallest absolute Gasteiger partial charge is 0.268 e. The van der Waals surface area contributed by atoms with E-state index in [1.54, 1.807) is 19.1 Å². The highest BCUT2D eigenvalue weighted by Crippen LogP contribution is 2.21. The van der Waals surface area contributed by atoms with Crippen LogP contribution in [0.15, 0.2) is 29.4 Å². The lowest BCUT2D eigenvalue weighted by Crippen LogP contribution is -2.15. The Morgan fingerprint density at radius 2 is 2.20 bits per heavy atom. The molecular formula is C12H17N5O2S. The molecule has 2 aromatic rings. The van der Waals surface area contributed by atoms with Crippen molar-refractivity contribution in [3.05, 3.63) is 30.1 Å². The number of aryl methyl sites for hydroxylation is 2. The minimum atomic E-state index is -3.78. The average Bonchev–Trinajstić information content (AvgIpc) is 2.74. The van der Waals surface area contributed by atoms with Gasteiger partial charge >= 0.3 is 0 Å². The Balaban J connectivity index is 2.33. The number of pyridine rings is 1. The summed E-state index contributed by atoms with van der Waals surface area (Å²) in [4.78, 5) is 3.97. The van der Waals surface area contributed by atoms with Gasteiger partial charge in [-0.2, -0.15) is 5.10 Å². The number of nitrogens with zero attached hydrogens (tertiary/aromatic N) is 3. The maximum absolute atomic E-state index is 12.3. The monoisotopic (exact) mass is 295 g/mol. The Morgan fingerprint density at radius 1 is 1.45 bits per heavy atom. The number of aromatic nitrogens is 3. The number of nitrogens with two attached hydrogens (primary N) is 1. The van der Waals surface area contributed by atoms with Crippen LogP contribution in [0, 0.1) is 6.92 Å². The predicted molar refractivity (Wildman–Crippen MR) is 76.7 cm³/mol. The van der Waals surface area contributed by atoms with Crippen LogP contribution in [0.2, 0.25) is 0 Å². The molecule has 0 bridgehead atoms. The van der Waals surface area contributed by atoms with Crippen LogP contribution in [0.4, 0.5) is 11.6 Å². The van der Waals surface area contributed by atoms with Crippen LogP contribution >= 0.6 is 0 Å². The highest BCUT2D eigenvalue weighted by atomic mass is 32.2. The molecule has 8 heteroatoms. The zero-order valence-corrected chi connectivity index (χ0v) is 12.2. The molecule has 7 nitrogen and oxygen atoms in total. The molecule has 2 rings (SSSR count). The molecule has 0 saturated heterocycles. The van der Waals surface area contributed by atoms with Crippen LogP contribution in [0.3, 0.4) is 0 Å². The zero-order chi connectivity index (χ0) is 14.8. The molecule has 0 unspecified atom stereocenters. The quantitative estimate of drug-likeness (QED) is 0.867. The summed E-state index contributed by atoms with van der Waals surface area (Å²) in [7, 11) is -3.78. The van der Waals surface area contributed by atoms with Gasteiger partial charge in [0.2, 0.25) is 0 Å². The molecule has 3 N–H and O–H groups in total. The summed E-state index contributed by atoms with van der Waals surface area (Å²) in [5, 5.41) is 3.99. The van der Waals surface area contributed by atoms with Crippen molar-refractivity contribution < 1.29 is 8.42 Å². The van der Waals surface area contributed by atoms with E-state index in [4.69, 9.17) is 5.73 Å². The van der Waals surface area contributed by atoms with E-state index < -0.39 is 10.0 Å². The SMILES string of the molecule is CCCn1cc(S(=O)(=O)Nc2ncccc2C)c(N)n1. The number of anilines is 2. The second-order valence-electron chi connectivity index (χ2n) is 4.42. The maximum Gasteiger partial charge on any atom is 0.268 e. The molecule has 0 atom stereocenters. The highest BCUT2D eigenvalue weighted by Gasteiger charge is 2.22. The van der Waals surface area contributed by atoms with Crippen LogP contribution < -0.4 is 10.5 Å². The lowest BCUT2D eigenvalue weighted by Gasteiger charge is -2.07. The van der Waals surface area contributed by atoms with Gasteiger partial charge in [0.15, 0.2) is 5.82 Å². The normalized spacial score (nSPS) is 11.5. The average molecular weight is 295 g/mol. The first-order valence-electron chi connectivity index (χ1n) is 6.21. The van der Waals surface area contributed by atoms with Crippen molar-refractivity contribution in [1.82, 2.24) is 14.8 Å². The van der Waals surface area contributed by atoms with Gasteiger partial charge < -0.3 is 5.73 Å². The fraction of sp³-hybridized carbons (Fsp3) is 0.333. The summed E-state index contributed by atoms with van der Waals surface area (Å²) in [6, 6.07) is 3.51. The van der Waals surface area contributed by atoms with E-state index in [0.717, 1.165) is 12.0 Å². The van der Waals surface area contributed by atoms with E-state index in [1.165, 1.54) is 17.1 Å². The Bertz CT molecular complexity index is 708. The molecule has 0 aliphatic carbocycles. The summed E-state index contributed by atoms with van der Waals surface area (Å²) in [5.41, 5.74) is 6.41. The number of nitrogen functional groups attached to an aromatic ring is 1. The summed E-state index contributed by atoms with van der Waals surface area (Å²) >= 11 is 0. The van der Waals surface area contributed by atoms with E-state index in [2.05, 4.69) is 14.8 Å². The predicted octanol–water partition coefficient (Wildman–Crippen LogP) is 1.38. The van der Waals surface area contributed by atoms with Crippen LogP contribution in [0.1, 0.15) is 18.9 Å². The molecule has 108 valence electrons. The maximum atomic E-state index is 12.3. The van der Waals surface area contributed by atoms with Gasteiger partial charge in [0.25, 0.3) is 10.0 Å². The Kier molecular flexibility index (Phi) is 3.93. The third-order valence-electron chi connectivity index (χ3n) is 2.74. The van der Waals surface area contributed by atoms with Gasteiger partial charge in [0, 0.05) is 18.9 Å².